The Morgan fingerprint density at radius 2 is 2.08 bits per heavy atom. The molecule has 0 aliphatic rings. The fraction of sp³-hybridized carbons (Fsp3) is 0.364. The average Bonchev–Trinajstić information content (AvgIpc) is 2.03. The summed E-state index contributed by atoms with van der Waals surface area (Å²) in [6.45, 7) is 6.13. The summed E-state index contributed by atoms with van der Waals surface area (Å²) in [5.41, 5.74) is 1.27. The molecule has 0 bridgehead atoms. The van der Waals surface area contributed by atoms with Crippen LogP contribution in [0.5, 0.6) is 5.75 Å². The predicted octanol–water partition coefficient (Wildman–Crippen LogP) is 2.30. The molecule has 0 unspecified atom stereocenters. The zero-order chi connectivity index (χ0) is 10.1. The number of hydrogen-bond donors (Lipinski definition) is 1. The zero-order valence-corrected chi connectivity index (χ0v) is 8.09. The van der Waals surface area contributed by atoms with Crippen LogP contribution in [-0.4, -0.2) is 11.4 Å². The maximum Gasteiger partial charge on any atom is 0.153 e. The van der Waals surface area contributed by atoms with Gasteiger partial charge in [-0.1, -0.05) is 20.8 Å². The standard InChI is InChI=1S/C11H13O2/c1-11(2,3)9-4-5-10(13)8(6-9)7-12/h4,6-7,13H,1-3H3. The Bertz CT molecular complexity index is 321. The Morgan fingerprint density at radius 3 is 2.54 bits per heavy atom. The minimum atomic E-state index is -0.0806. The third-order valence-electron chi connectivity index (χ3n) is 1.94. The highest BCUT2D eigenvalue weighted by atomic mass is 16.3. The summed E-state index contributed by atoms with van der Waals surface area (Å²) < 4.78 is 0. The van der Waals surface area contributed by atoms with Crippen molar-refractivity contribution in [2.45, 2.75) is 26.2 Å². The van der Waals surface area contributed by atoms with Crippen LogP contribution in [0.1, 0.15) is 36.7 Å². The van der Waals surface area contributed by atoms with E-state index >= 15 is 0 Å². The minimum Gasteiger partial charge on any atom is -0.507 e. The number of phenolic OH excluding ortho intramolecular Hbond substituents is 1. The molecule has 0 atom stereocenters. The Kier molecular flexibility index (Phi) is 2.41. The van der Waals surface area contributed by atoms with Crippen molar-refractivity contribution in [1.82, 2.24) is 0 Å². The summed E-state index contributed by atoms with van der Waals surface area (Å²) in [5, 5.41) is 9.21. The van der Waals surface area contributed by atoms with Gasteiger partial charge in [0.2, 0.25) is 0 Å². The smallest absolute Gasteiger partial charge is 0.153 e. The largest absolute Gasteiger partial charge is 0.507 e. The summed E-state index contributed by atoms with van der Waals surface area (Å²) in [7, 11) is 0. The van der Waals surface area contributed by atoms with Crippen LogP contribution < -0.4 is 0 Å². The topological polar surface area (TPSA) is 37.3 Å². The zero-order valence-electron chi connectivity index (χ0n) is 8.09. The lowest BCUT2D eigenvalue weighted by Crippen LogP contribution is -2.11. The van der Waals surface area contributed by atoms with Crippen LogP contribution in [-0.2, 0) is 5.41 Å². The highest BCUT2D eigenvalue weighted by Gasteiger charge is 2.15. The highest BCUT2D eigenvalue weighted by Crippen LogP contribution is 2.25. The second kappa shape index (κ2) is 3.21. The number of carbonyl (C=O) groups excluding carboxylic acids is 1. The van der Waals surface area contributed by atoms with Crippen LogP contribution in [0, 0.1) is 6.07 Å². The third-order valence-corrected chi connectivity index (χ3v) is 1.94. The lowest BCUT2D eigenvalue weighted by Gasteiger charge is -2.19. The van der Waals surface area contributed by atoms with Crippen LogP contribution in [0.15, 0.2) is 12.1 Å². The number of aromatic hydroxyl groups is 1. The number of phenols is 1. The van der Waals surface area contributed by atoms with Gasteiger partial charge in [0.15, 0.2) is 6.29 Å². The van der Waals surface area contributed by atoms with E-state index in [0.29, 0.717) is 11.8 Å². The molecule has 1 N–H and O–H groups in total. The van der Waals surface area contributed by atoms with E-state index in [-0.39, 0.29) is 11.2 Å². The quantitative estimate of drug-likeness (QED) is 0.668. The van der Waals surface area contributed by atoms with Gasteiger partial charge in [0.05, 0.1) is 5.56 Å². The van der Waals surface area contributed by atoms with Crippen LogP contribution in [0.2, 0.25) is 0 Å². The molecule has 0 fully saturated rings. The van der Waals surface area contributed by atoms with Gasteiger partial charge in [0, 0.05) is 6.07 Å². The van der Waals surface area contributed by atoms with Gasteiger partial charge < -0.3 is 5.11 Å². The number of rotatable bonds is 1. The molecule has 0 aliphatic carbocycles. The molecule has 69 valence electrons. The number of hydrogen-bond acceptors (Lipinski definition) is 2. The Hall–Kier alpha value is -1.31. The molecule has 1 aromatic carbocycles. The SMILES string of the molecule is CC(C)(C)c1c[c]c(O)c(C=O)c1. The molecule has 1 radical (unpaired) electrons. The Morgan fingerprint density at radius 1 is 1.46 bits per heavy atom. The molecule has 1 aromatic rings. The van der Waals surface area contributed by atoms with Crippen molar-refractivity contribution in [3.63, 3.8) is 0 Å². The van der Waals surface area contributed by atoms with Crippen molar-refractivity contribution in [2.24, 2.45) is 0 Å². The maximum absolute atomic E-state index is 10.5. The molecule has 0 amide bonds. The van der Waals surface area contributed by atoms with Gasteiger partial charge in [-0.2, -0.15) is 0 Å². The van der Waals surface area contributed by atoms with Crippen LogP contribution in [0.25, 0.3) is 0 Å². The summed E-state index contributed by atoms with van der Waals surface area (Å²) in [6.07, 6.45) is 0.640. The van der Waals surface area contributed by atoms with Crippen molar-refractivity contribution >= 4 is 6.29 Å². The first-order valence-corrected chi connectivity index (χ1v) is 4.15. The number of benzene rings is 1. The van der Waals surface area contributed by atoms with Crippen molar-refractivity contribution in [3.8, 4) is 5.75 Å². The molecule has 2 heteroatoms. The fourth-order valence-electron chi connectivity index (χ4n) is 1.03. The average molecular weight is 177 g/mol. The van der Waals surface area contributed by atoms with Crippen molar-refractivity contribution in [2.75, 3.05) is 0 Å². The Balaban J connectivity index is 3.21. The summed E-state index contributed by atoms with van der Waals surface area (Å²) in [6, 6.07) is 6.05. The van der Waals surface area contributed by atoms with Gasteiger partial charge in [0.25, 0.3) is 0 Å². The minimum absolute atomic E-state index is 0.0258. The molecular weight excluding hydrogens is 164 g/mol. The van der Waals surface area contributed by atoms with Crippen LogP contribution >= 0.6 is 0 Å². The van der Waals surface area contributed by atoms with E-state index in [9.17, 15) is 9.90 Å². The maximum atomic E-state index is 10.5. The van der Waals surface area contributed by atoms with E-state index in [4.69, 9.17) is 0 Å². The second-order valence-electron chi connectivity index (χ2n) is 4.06. The van der Waals surface area contributed by atoms with E-state index in [2.05, 4.69) is 6.07 Å². The summed E-state index contributed by atoms with van der Waals surface area (Å²) in [4.78, 5) is 10.5. The third kappa shape index (κ3) is 2.08. The van der Waals surface area contributed by atoms with E-state index in [1.165, 1.54) is 0 Å². The van der Waals surface area contributed by atoms with Gasteiger partial charge in [-0.25, -0.2) is 0 Å². The summed E-state index contributed by atoms with van der Waals surface area (Å²) in [5.74, 6) is -0.0806. The second-order valence-corrected chi connectivity index (χ2v) is 4.06. The van der Waals surface area contributed by atoms with Crippen molar-refractivity contribution in [1.29, 1.82) is 0 Å². The van der Waals surface area contributed by atoms with Gasteiger partial charge in [0.1, 0.15) is 5.75 Å². The van der Waals surface area contributed by atoms with E-state index in [1.807, 2.05) is 20.8 Å². The number of aldehydes is 1. The molecule has 2 nitrogen and oxygen atoms in total. The molecule has 0 spiro atoms. The van der Waals surface area contributed by atoms with E-state index < -0.39 is 0 Å². The molecule has 1 rings (SSSR count). The predicted molar refractivity (Wildman–Crippen MR) is 51.0 cm³/mol. The first kappa shape index (κ1) is 9.78. The van der Waals surface area contributed by atoms with Gasteiger partial charge in [-0.15, -0.1) is 0 Å². The molecular formula is C11H13O2. The monoisotopic (exact) mass is 177 g/mol. The lowest BCUT2D eigenvalue weighted by atomic mass is 9.86. The van der Waals surface area contributed by atoms with Gasteiger partial charge >= 0.3 is 0 Å². The molecule has 0 aromatic heterocycles. The van der Waals surface area contributed by atoms with Crippen molar-refractivity contribution in [3.05, 3.63) is 29.3 Å². The first-order valence-electron chi connectivity index (χ1n) is 4.15. The molecule has 0 aliphatic heterocycles. The number of carbonyl (C=O) groups is 1. The van der Waals surface area contributed by atoms with Crippen LogP contribution in [0.3, 0.4) is 0 Å². The lowest BCUT2D eigenvalue weighted by molar-refractivity contribution is 0.112. The highest BCUT2D eigenvalue weighted by molar-refractivity contribution is 5.79. The van der Waals surface area contributed by atoms with Gasteiger partial charge in [-0.05, 0) is 23.1 Å². The van der Waals surface area contributed by atoms with Crippen molar-refractivity contribution < 1.29 is 9.90 Å². The summed E-state index contributed by atoms with van der Waals surface area (Å²) >= 11 is 0. The molecule has 0 saturated carbocycles. The molecule has 0 saturated heterocycles. The molecule has 0 heterocycles. The normalized spacial score (nSPS) is 11.3. The first-order chi connectivity index (χ1) is 5.95. The molecule has 13 heavy (non-hydrogen) atoms. The van der Waals surface area contributed by atoms with Crippen LogP contribution in [0.4, 0.5) is 0 Å². The Labute approximate surface area is 78.2 Å². The fourth-order valence-corrected chi connectivity index (χ4v) is 1.03. The van der Waals surface area contributed by atoms with E-state index in [0.717, 1.165) is 5.56 Å². The van der Waals surface area contributed by atoms with Gasteiger partial charge in [-0.3, -0.25) is 4.79 Å². The van der Waals surface area contributed by atoms with E-state index in [1.54, 1.807) is 12.1 Å².